The van der Waals surface area contributed by atoms with Gasteiger partial charge >= 0.3 is 28.7 Å². The highest BCUT2D eigenvalue weighted by Gasteiger charge is 2.55. The molecular weight excluding hydrogens is 1080 g/mol. The van der Waals surface area contributed by atoms with Crippen LogP contribution < -0.4 is 8.85 Å². The monoisotopic (exact) mass is 1200 g/mol. The van der Waals surface area contributed by atoms with Gasteiger partial charge in [-0.05, 0) is 93.7 Å². The first kappa shape index (κ1) is 68.4. The zero-order valence-corrected chi connectivity index (χ0v) is 67.4. The number of hydrogen-bond acceptors (Lipinski definition) is 2. The van der Waals surface area contributed by atoms with E-state index in [0.717, 1.165) is 0 Å². The zero-order chi connectivity index (χ0) is 59.5. The summed E-state index contributed by atoms with van der Waals surface area (Å²) in [6, 6.07) is 20.2. The molecule has 0 amide bonds. The van der Waals surface area contributed by atoms with Gasteiger partial charge in [-0.25, -0.2) is 0 Å². The standard InChI is InChI=1S/2C24H49Si4.C10H18N2.C6H6.2Al/c2*1-24(2,3)21-17-19(22(25(4,5)6)26(7,8)9)16-20(18-21)23(27(10,11)12)28(13,14)15;1-9(2,3)11-7-8-12-10(4,5)6;1-2-4-6-5-3-1;;/h2*17-18,22-23H,1-15H3;1-6H3;1-6H;;/q;;-2;;2*+1. The first-order chi connectivity index (χ1) is 33.3. The van der Waals surface area contributed by atoms with E-state index in [1.807, 2.05) is 0 Å². The average molecular weight is 1200 g/mol. The van der Waals surface area contributed by atoms with Gasteiger partial charge in [0.2, 0.25) is 0 Å². The Bertz CT molecular complexity index is 2170. The van der Waals surface area contributed by atoms with Crippen molar-refractivity contribution in [1.82, 2.24) is 7.77 Å². The molecule has 0 saturated heterocycles. The van der Waals surface area contributed by atoms with Crippen LogP contribution >= 0.6 is 0 Å². The zero-order valence-electron chi connectivity index (χ0n) is 57.1. The number of nitrogens with zero attached hydrogens (tertiary/aromatic N) is 2. The van der Waals surface area contributed by atoms with Crippen LogP contribution in [0.25, 0.3) is 0 Å². The summed E-state index contributed by atoms with van der Waals surface area (Å²) in [6.45, 7) is 95.2. The van der Waals surface area contributed by atoms with Crippen LogP contribution in [0.15, 0.2) is 48.6 Å². The van der Waals surface area contributed by atoms with E-state index in [2.05, 4.69) is 309 Å². The lowest BCUT2D eigenvalue weighted by Gasteiger charge is -2.50. The maximum Gasteiger partial charge on any atom is 0.475 e. The number of rotatable bonds is 14. The Kier molecular flexibility index (Phi) is 19.9. The molecule has 12 heteroatoms. The van der Waals surface area contributed by atoms with Crippen molar-refractivity contribution in [2.75, 3.05) is 0 Å². The van der Waals surface area contributed by atoms with Crippen molar-refractivity contribution in [1.29, 1.82) is 0 Å². The van der Waals surface area contributed by atoms with Crippen molar-refractivity contribution in [3.05, 3.63) is 82.0 Å². The molecule has 2 nitrogen and oxygen atoms in total. The van der Waals surface area contributed by atoms with Crippen LogP contribution in [0.2, 0.25) is 167 Å². The Morgan fingerprint density at radius 1 is 0.329 bits per heavy atom. The first-order valence-corrected chi connectivity index (χ1v) is 62.3. The SMILES string of the molecule is CC(C)(C)c1cc(C([Si](C)(C)C)[Si](C)(C)C)[c]([Al]2[CH]3C=C[CH](C=C3)[Al]([c]3c(C([Si](C)(C)C)[Si](C)(C)C)cc(C(C)(C)C)cc3C([Si](C)(C)C)[Si](C)(C)C)[N](C(C)(C)C)C#C[N]2C(C)(C)C)c(C([Si](C)(C)C)[Si](C)(C)C)c1. The van der Waals surface area contributed by atoms with E-state index in [1.165, 1.54) is 0 Å². The van der Waals surface area contributed by atoms with Gasteiger partial charge in [-0.15, -0.1) is 0 Å². The van der Waals surface area contributed by atoms with Gasteiger partial charge in [0.15, 0.2) is 0 Å². The summed E-state index contributed by atoms with van der Waals surface area (Å²) in [7, 11) is -14.2. The van der Waals surface area contributed by atoms with Crippen LogP contribution in [0.3, 0.4) is 0 Å². The summed E-state index contributed by atoms with van der Waals surface area (Å²) in [5.41, 5.74) is 9.86. The van der Waals surface area contributed by atoms with Crippen LogP contribution in [-0.4, -0.2) is 112 Å². The van der Waals surface area contributed by atoms with Crippen LogP contribution in [-0.2, 0) is 10.8 Å². The molecule has 0 atom stereocenters. The number of fused-ring (bicyclic) bond motifs is 4. The molecule has 426 valence electrons. The summed E-state index contributed by atoms with van der Waals surface area (Å²) in [4.78, 5) is 0. The largest absolute Gasteiger partial charge is 0.475 e. The van der Waals surface area contributed by atoms with Gasteiger partial charge < -0.3 is 7.77 Å². The Labute approximate surface area is 492 Å². The third kappa shape index (κ3) is 15.5. The minimum Gasteiger partial charge on any atom is -0.411 e. The summed E-state index contributed by atoms with van der Waals surface area (Å²) >= 11 is -4.47. The molecule has 2 bridgehead atoms. The second-order valence-electron chi connectivity index (χ2n) is 37.4. The minimum atomic E-state index is -2.24. The molecule has 3 aliphatic rings. The maximum absolute atomic E-state index is 4.42. The number of benzene rings is 2. The third-order valence-corrected chi connectivity index (χ3v) is 62.0. The van der Waals surface area contributed by atoms with E-state index in [1.54, 1.807) is 42.2 Å². The molecule has 1 aliphatic carbocycles. The fourth-order valence-corrected chi connectivity index (χ4v) is 76.3. The maximum atomic E-state index is 4.42. The van der Waals surface area contributed by atoms with E-state index in [9.17, 15) is 0 Å². The smallest absolute Gasteiger partial charge is 0.411 e. The molecule has 0 saturated carbocycles. The molecule has 2 aromatic rings. The van der Waals surface area contributed by atoms with Gasteiger partial charge in [-0.1, -0.05) is 278 Å². The molecule has 0 unspecified atom stereocenters. The molecule has 2 heterocycles. The highest BCUT2D eigenvalue weighted by atomic mass is 28.4. The second kappa shape index (κ2) is 22.1. The first-order valence-electron chi connectivity index (χ1n) is 30.2. The highest BCUT2D eigenvalue weighted by molar-refractivity contribution is 6.99. The molecule has 0 N–H and O–H groups in total. The lowest BCUT2D eigenvalue weighted by molar-refractivity contribution is 0.320. The fraction of sp³-hybridized carbons (Fsp3) is 0.719. The lowest BCUT2D eigenvalue weighted by Crippen LogP contribution is -2.63. The quantitative estimate of drug-likeness (QED) is 0.106. The summed E-state index contributed by atoms with van der Waals surface area (Å²) in [5, 5.41) is 2.48. The summed E-state index contributed by atoms with van der Waals surface area (Å²) in [6.07, 6.45) is 11.3. The van der Waals surface area contributed by atoms with E-state index in [0.29, 0.717) is 30.2 Å². The van der Waals surface area contributed by atoms with Gasteiger partial charge in [-0.3, -0.25) is 0 Å². The second-order valence-corrected chi connectivity index (χ2v) is 87.7. The van der Waals surface area contributed by atoms with Gasteiger partial charge in [0.05, 0.1) is 0 Å². The van der Waals surface area contributed by atoms with Crippen LogP contribution in [0.4, 0.5) is 0 Å². The molecule has 0 fully saturated rings. The van der Waals surface area contributed by atoms with Crippen LogP contribution in [0.5, 0.6) is 0 Å². The Morgan fingerprint density at radius 3 is 0.632 bits per heavy atom. The van der Waals surface area contributed by atoms with Crippen molar-refractivity contribution < 1.29 is 0 Å². The molecule has 5 rings (SSSR count). The predicted octanol–water partition coefficient (Wildman–Crippen LogP) is 18.7. The molecular formula is C64H122Al2N2Si8. The molecule has 2 aliphatic heterocycles. The van der Waals surface area contributed by atoms with Crippen molar-refractivity contribution in [3.63, 3.8) is 0 Å². The van der Waals surface area contributed by atoms with Crippen molar-refractivity contribution in [2.45, 2.75) is 292 Å². The topological polar surface area (TPSA) is 6.48 Å². The van der Waals surface area contributed by atoms with Gasteiger partial charge in [0, 0.05) is 87.8 Å². The lowest BCUT2D eigenvalue weighted by atomic mass is 9.85. The van der Waals surface area contributed by atoms with Crippen LogP contribution in [0, 0.1) is 12.1 Å². The highest BCUT2D eigenvalue weighted by Crippen LogP contribution is 2.48. The predicted molar refractivity (Wildman–Crippen MR) is 376 cm³/mol. The Morgan fingerprint density at radius 2 is 0.500 bits per heavy atom. The summed E-state index contributed by atoms with van der Waals surface area (Å²) < 4.78 is 10.1. The summed E-state index contributed by atoms with van der Waals surface area (Å²) in [5.74, 6) is 0. The fourth-order valence-electron chi connectivity index (χ4n) is 16.3. The van der Waals surface area contributed by atoms with Crippen molar-refractivity contribution >= 4 is 102 Å². The van der Waals surface area contributed by atoms with Crippen LogP contribution in [0.1, 0.15) is 137 Å². The number of hydrogen-bond donors (Lipinski definition) is 0. The van der Waals surface area contributed by atoms with E-state index in [4.69, 9.17) is 0 Å². The Balaban J connectivity index is 2.48. The minimum absolute atomic E-state index is 0.0394. The van der Waals surface area contributed by atoms with E-state index in [-0.39, 0.29) is 21.9 Å². The normalized spacial score (nSPS) is 18.5. The molecule has 76 heavy (non-hydrogen) atoms. The molecule has 2 aromatic carbocycles. The molecule has 0 radical (unpaired) electrons. The van der Waals surface area contributed by atoms with E-state index >= 15 is 0 Å². The average Bonchev–Trinajstić information content (AvgIpc) is 3.11. The van der Waals surface area contributed by atoms with Gasteiger partial charge in [0.25, 0.3) is 0 Å². The number of allylic oxidation sites excluding steroid dienone is 4. The van der Waals surface area contributed by atoms with Crippen molar-refractivity contribution in [3.8, 4) is 12.1 Å². The van der Waals surface area contributed by atoms with Gasteiger partial charge in [0.1, 0.15) is 0 Å². The molecule has 0 aromatic heterocycles. The molecule has 0 spiro atoms. The third-order valence-electron chi connectivity index (χ3n) is 17.1. The Hall–Kier alpha value is -0.120. The van der Waals surface area contributed by atoms with Crippen molar-refractivity contribution in [2.24, 2.45) is 0 Å². The van der Waals surface area contributed by atoms with E-state index < -0.39 is 93.3 Å². The van der Waals surface area contributed by atoms with Gasteiger partial charge in [-0.2, -0.15) is 0 Å².